The summed E-state index contributed by atoms with van der Waals surface area (Å²) in [7, 11) is -2.06. The molecule has 1 aromatic heterocycles. The highest BCUT2D eigenvalue weighted by molar-refractivity contribution is 7.91. The molecule has 2 heterocycles. The number of likely N-dealkylation sites (tertiary alicyclic amines) is 1. The van der Waals surface area contributed by atoms with Gasteiger partial charge in [0.2, 0.25) is 9.84 Å². The highest BCUT2D eigenvalue weighted by Gasteiger charge is 2.27. The molecule has 0 radical (unpaired) electrons. The minimum atomic E-state index is -3.82. The molecule has 0 spiro atoms. The van der Waals surface area contributed by atoms with Gasteiger partial charge >= 0.3 is 0 Å². The van der Waals surface area contributed by atoms with Gasteiger partial charge in [-0.05, 0) is 49.5 Å². The van der Waals surface area contributed by atoms with Crippen molar-refractivity contribution in [2.75, 3.05) is 26.2 Å². The summed E-state index contributed by atoms with van der Waals surface area (Å²) in [6.45, 7) is 3.67. The molecule has 3 aromatic carbocycles. The fraction of sp³-hybridized carbons (Fsp3) is 0.320. The van der Waals surface area contributed by atoms with Crippen LogP contribution >= 0.6 is 0 Å². The number of hydrogen-bond acceptors (Lipinski definition) is 5. The van der Waals surface area contributed by atoms with E-state index in [0.717, 1.165) is 25.0 Å². The first-order valence-corrected chi connectivity index (χ1v) is 12.6. The van der Waals surface area contributed by atoms with Crippen LogP contribution in [0.2, 0.25) is 0 Å². The maximum Gasteiger partial charge on any atom is 0.226 e. The van der Waals surface area contributed by atoms with Crippen molar-refractivity contribution in [2.24, 2.45) is 7.05 Å². The molecule has 1 aliphatic rings. The number of aromatic nitrogens is 2. The summed E-state index contributed by atoms with van der Waals surface area (Å²) in [5.74, 6) is 0.661. The number of aryl methyl sites for hydroxylation is 1. The third-order valence-corrected chi connectivity index (χ3v) is 7.95. The first-order chi connectivity index (χ1) is 15.6. The Morgan fingerprint density at radius 3 is 2.47 bits per heavy atom. The molecule has 0 unspecified atom stereocenters. The van der Waals surface area contributed by atoms with Crippen LogP contribution in [-0.4, -0.2) is 49.3 Å². The van der Waals surface area contributed by atoms with Gasteiger partial charge in [0, 0.05) is 24.4 Å². The molecule has 166 valence electrons. The van der Waals surface area contributed by atoms with E-state index in [1.54, 1.807) is 29.9 Å². The number of rotatable bonds is 6. The van der Waals surface area contributed by atoms with E-state index in [9.17, 15) is 8.42 Å². The predicted octanol–water partition coefficient (Wildman–Crippen LogP) is 4.42. The van der Waals surface area contributed by atoms with Gasteiger partial charge in [0.15, 0.2) is 5.03 Å². The Balaban J connectivity index is 1.50. The van der Waals surface area contributed by atoms with E-state index in [0.29, 0.717) is 28.6 Å². The van der Waals surface area contributed by atoms with Crippen molar-refractivity contribution in [3.05, 3.63) is 60.7 Å². The normalized spacial score (nSPS) is 15.4. The second-order valence-corrected chi connectivity index (χ2v) is 10.1. The van der Waals surface area contributed by atoms with Crippen molar-refractivity contribution in [3.8, 4) is 5.75 Å². The lowest BCUT2D eigenvalue weighted by Gasteiger charge is -2.26. The summed E-state index contributed by atoms with van der Waals surface area (Å²) >= 11 is 0. The van der Waals surface area contributed by atoms with E-state index in [4.69, 9.17) is 4.74 Å². The Hall–Kier alpha value is -2.90. The number of piperidine rings is 1. The molecule has 0 aliphatic carbocycles. The number of nitrogens with zero attached hydrogens (tertiary/aromatic N) is 3. The van der Waals surface area contributed by atoms with E-state index in [-0.39, 0.29) is 9.92 Å². The highest BCUT2D eigenvalue weighted by Crippen LogP contribution is 2.34. The maximum absolute atomic E-state index is 13.7. The van der Waals surface area contributed by atoms with Crippen LogP contribution in [0.3, 0.4) is 0 Å². The number of hydrogen-bond donors (Lipinski definition) is 0. The smallest absolute Gasteiger partial charge is 0.226 e. The lowest BCUT2D eigenvalue weighted by atomic mass is 10.1. The van der Waals surface area contributed by atoms with E-state index in [1.165, 1.54) is 19.3 Å². The Morgan fingerprint density at radius 1 is 0.906 bits per heavy atom. The molecule has 0 atom stereocenters. The van der Waals surface area contributed by atoms with Crippen LogP contribution in [0.4, 0.5) is 0 Å². The lowest BCUT2D eigenvalue weighted by molar-refractivity contribution is 0.184. The van der Waals surface area contributed by atoms with Gasteiger partial charge < -0.3 is 4.74 Å². The van der Waals surface area contributed by atoms with Crippen LogP contribution in [0, 0.1) is 0 Å². The topological polar surface area (TPSA) is 64.4 Å². The molecule has 6 nitrogen and oxygen atoms in total. The zero-order valence-electron chi connectivity index (χ0n) is 18.2. The molecule has 1 fully saturated rings. The van der Waals surface area contributed by atoms with Gasteiger partial charge in [-0.1, -0.05) is 48.9 Å². The van der Waals surface area contributed by atoms with Gasteiger partial charge in [0.1, 0.15) is 17.9 Å². The summed E-state index contributed by atoms with van der Waals surface area (Å²) < 4.78 is 35.1. The van der Waals surface area contributed by atoms with E-state index >= 15 is 0 Å². The van der Waals surface area contributed by atoms with Crippen molar-refractivity contribution in [1.29, 1.82) is 0 Å². The Labute approximate surface area is 188 Å². The minimum absolute atomic E-state index is 0.0628. The van der Waals surface area contributed by atoms with Crippen molar-refractivity contribution in [3.63, 3.8) is 0 Å². The first-order valence-electron chi connectivity index (χ1n) is 11.1. The summed E-state index contributed by atoms with van der Waals surface area (Å²) in [5.41, 5.74) is 0.699. The van der Waals surface area contributed by atoms with Crippen molar-refractivity contribution in [2.45, 2.75) is 29.2 Å². The third-order valence-electron chi connectivity index (χ3n) is 6.20. The number of para-hydroxylation sites is 1. The van der Waals surface area contributed by atoms with Crippen LogP contribution in [-0.2, 0) is 16.9 Å². The third kappa shape index (κ3) is 3.76. The highest BCUT2D eigenvalue weighted by atomic mass is 32.2. The van der Waals surface area contributed by atoms with Crippen molar-refractivity contribution >= 4 is 31.5 Å². The molecule has 0 amide bonds. The summed E-state index contributed by atoms with van der Waals surface area (Å²) in [6.07, 6.45) is 3.79. The van der Waals surface area contributed by atoms with E-state index in [1.807, 2.05) is 42.5 Å². The molecule has 4 aromatic rings. The molecule has 0 saturated carbocycles. The molecule has 0 N–H and O–H groups in total. The minimum Gasteiger partial charge on any atom is -0.490 e. The second kappa shape index (κ2) is 8.56. The number of ether oxygens (including phenoxy) is 1. The van der Waals surface area contributed by atoms with Crippen LogP contribution in [0.15, 0.2) is 70.6 Å². The average molecular weight is 450 g/mol. The molecule has 32 heavy (non-hydrogen) atoms. The van der Waals surface area contributed by atoms with E-state index < -0.39 is 9.84 Å². The molecule has 0 bridgehead atoms. The second-order valence-electron chi connectivity index (χ2n) is 8.31. The molecule has 1 aliphatic heterocycles. The summed E-state index contributed by atoms with van der Waals surface area (Å²) in [5, 5.41) is 6.67. The molecular formula is C25H27N3O3S. The quantitative estimate of drug-likeness (QED) is 0.436. The van der Waals surface area contributed by atoms with Crippen LogP contribution < -0.4 is 4.74 Å². The zero-order valence-corrected chi connectivity index (χ0v) is 19.0. The van der Waals surface area contributed by atoms with Crippen molar-refractivity contribution in [1.82, 2.24) is 14.7 Å². The Morgan fingerprint density at radius 2 is 1.62 bits per heavy atom. The molecule has 5 rings (SSSR count). The largest absolute Gasteiger partial charge is 0.490 e. The number of sulfone groups is 1. The van der Waals surface area contributed by atoms with Gasteiger partial charge in [-0.15, -0.1) is 0 Å². The van der Waals surface area contributed by atoms with Crippen LogP contribution in [0.5, 0.6) is 5.75 Å². The lowest BCUT2D eigenvalue weighted by Crippen LogP contribution is -2.33. The van der Waals surface area contributed by atoms with Crippen LogP contribution in [0.1, 0.15) is 19.3 Å². The van der Waals surface area contributed by atoms with Gasteiger partial charge in [0.25, 0.3) is 0 Å². The molecule has 7 heteroatoms. The summed E-state index contributed by atoms with van der Waals surface area (Å²) in [6, 6.07) is 18.4. The molecular weight excluding hydrogens is 422 g/mol. The summed E-state index contributed by atoms with van der Waals surface area (Å²) in [4.78, 5) is 2.69. The Kier molecular flexibility index (Phi) is 5.61. The average Bonchev–Trinajstić information content (AvgIpc) is 3.17. The standard InChI is InChI=1S/C25H27N3O3S/c1-27-24-21(12-8-13-22(24)31-18-17-28-15-5-2-6-16-28)25(26-27)32(29,30)23-14-7-10-19-9-3-4-11-20(19)23/h3-4,7-14H,2,5-6,15-18H2,1H3. The Bertz CT molecular complexity index is 1370. The maximum atomic E-state index is 13.7. The fourth-order valence-electron chi connectivity index (χ4n) is 4.59. The van der Waals surface area contributed by atoms with Gasteiger partial charge in [-0.2, -0.15) is 5.10 Å². The monoisotopic (exact) mass is 449 g/mol. The number of fused-ring (bicyclic) bond motifs is 2. The first kappa shape index (κ1) is 21.0. The van der Waals surface area contributed by atoms with Crippen molar-refractivity contribution < 1.29 is 13.2 Å². The fourth-order valence-corrected chi connectivity index (χ4v) is 6.21. The predicted molar refractivity (Wildman–Crippen MR) is 126 cm³/mol. The van der Waals surface area contributed by atoms with Gasteiger partial charge in [-0.3, -0.25) is 9.58 Å². The van der Waals surface area contributed by atoms with E-state index in [2.05, 4.69) is 10.00 Å². The van der Waals surface area contributed by atoms with Gasteiger partial charge in [-0.25, -0.2) is 8.42 Å². The SMILES string of the molecule is Cn1nc(S(=O)(=O)c2cccc3ccccc23)c2cccc(OCCN3CCCCC3)c21. The number of benzene rings is 3. The van der Waals surface area contributed by atoms with Gasteiger partial charge in [0.05, 0.1) is 4.90 Å². The zero-order chi connectivity index (χ0) is 22.1. The van der Waals surface area contributed by atoms with Crippen LogP contribution in [0.25, 0.3) is 21.7 Å². The molecule has 1 saturated heterocycles.